The van der Waals surface area contributed by atoms with Crippen LogP contribution in [-0.4, -0.2) is 39.1 Å². The Balaban J connectivity index is 2.00. The van der Waals surface area contributed by atoms with Crippen LogP contribution in [0.1, 0.15) is 5.69 Å². The first-order valence-corrected chi connectivity index (χ1v) is 6.17. The van der Waals surface area contributed by atoms with Crippen molar-refractivity contribution in [3.05, 3.63) is 24.3 Å². The fourth-order valence-corrected chi connectivity index (χ4v) is 2.22. The molecule has 0 saturated heterocycles. The van der Waals surface area contributed by atoms with Crippen LogP contribution in [0.3, 0.4) is 0 Å². The van der Waals surface area contributed by atoms with Crippen molar-refractivity contribution in [2.45, 2.75) is 6.92 Å². The van der Waals surface area contributed by atoms with Gasteiger partial charge in [-0.1, -0.05) is 0 Å². The van der Waals surface area contributed by atoms with Gasteiger partial charge in [-0.2, -0.15) is 10.2 Å². The monoisotopic (exact) mass is 268 g/mol. The van der Waals surface area contributed by atoms with Gasteiger partial charge in [0, 0.05) is 19.8 Å². The number of hydrogen-bond acceptors (Lipinski definition) is 5. The lowest BCUT2D eigenvalue weighted by molar-refractivity contribution is 0.741. The van der Waals surface area contributed by atoms with Gasteiger partial charge >= 0.3 is 0 Å². The molecule has 0 N–H and O–H groups in total. The molecule has 4 rings (SSSR count). The van der Waals surface area contributed by atoms with Crippen molar-refractivity contribution < 1.29 is 0 Å². The van der Waals surface area contributed by atoms with Gasteiger partial charge in [-0.25, -0.2) is 14.5 Å². The van der Waals surface area contributed by atoms with E-state index in [0.717, 1.165) is 28.1 Å². The summed E-state index contributed by atoms with van der Waals surface area (Å²) in [5.74, 6) is 0.590. The molecule has 100 valence electrons. The van der Waals surface area contributed by atoms with Gasteiger partial charge in [0.25, 0.3) is 0 Å². The van der Waals surface area contributed by atoms with Crippen molar-refractivity contribution in [2.75, 3.05) is 0 Å². The van der Waals surface area contributed by atoms with Gasteiger partial charge in [0.15, 0.2) is 11.3 Å². The number of nitrogens with zero attached hydrogens (tertiary/aromatic N) is 8. The number of hydrogen-bond donors (Lipinski definition) is 0. The van der Waals surface area contributed by atoms with Crippen molar-refractivity contribution in [2.24, 2.45) is 14.1 Å². The zero-order chi connectivity index (χ0) is 13.9. The summed E-state index contributed by atoms with van der Waals surface area (Å²) in [5.41, 5.74) is 3.34. The molecule has 4 aromatic heterocycles. The third kappa shape index (κ3) is 1.38. The van der Waals surface area contributed by atoms with Gasteiger partial charge in [-0.05, 0) is 13.0 Å². The van der Waals surface area contributed by atoms with Gasteiger partial charge in [-0.15, -0.1) is 5.10 Å². The van der Waals surface area contributed by atoms with Crippen molar-refractivity contribution in [3.8, 4) is 11.5 Å². The van der Waals surface area contributed by atoms with E-state index in [1.54, 1.807) is 26.4 Å². The number of rotatable bonds is 1. The molecule has 0 bridgehead atoms. The summed E-state index contributed by atoms with van der Waals surface area (Å²) in [6.45, 7) is 1.99. The molecule has 0 aliphatic carbocycles. The zero-order valence-corrected chi connectivity index (χ0v) is 11.3. The highest BCUT2D eigenvalue weighted by atomic mass is 15.4. The smallest absolute Gasteiger partial charge is 0.202 e. The van der Waals surface area contributed by atoms with Crippen molar-refractivity contribution in [1.29, 1.82) is 0 Å². The Morgan fingerprint density at radius 1 is 1.05 bits per heavy atom. The van der Waals surface area contributed by atoms with Crippen LogP contribution in [0.2, 0.25) is 0 Å². The molecule has 0 saturated carbocycles. The normalized spacial score (nSPS) is 11.8. The van der Waals surface area contributed by atoms with E-state index in [-0.39, 0.29) is 0 Å². The fourth-order valence-electron chi connectivity index (χ4n) is 2.22. The molecule has 20 heavy (non-hydrogen) atoms. The van der Waals surface area contributed by atoms with E-state index in [2.05, 4.69) is 25.3 Å². The average molecular weight is 268 g/mol. The second kappa shape index (κ2) is 3.62. The summed E-state index contributed by atoms with van der Waals surface area (Å²) >= 11 is 0. The van der Waals surface area contributed by atoms with Crippen LogP contribution in [0.5, 0.6) is 0 Å². The molecule has 0 unspecified atom stereocenters. The lowest BCUT2D eigenvalue weighted by Gasteiger charge is -1.93. The lowest BCUT2D eigenvalue weighted by atomic mass is 10.3. The lowest BCUT2D eigenvalue weighted by Crippen LogP contribution is -1.95. The predicted molar refractivity (Wildman–Crippen MR) is 72.0 cm³/mol. The zero-order valence-electron chi connectivity index (χ0n) is 11.3. The minimum atomic E-state index is 0.590. The quantitative estimate of drug-likeness (QED) is 0.508. The third-order valence-corrected chi connectivity index (χ3v) is 3.41. The second-order valence-electron chi connectivity index (χ2n) is 4.75. The van der Waals surface area contributed by atoms with Crippen molar-refractivity contribution in [1.82, 2.24) is 39.1 Å². The largest absolute Gasteiger partial charge is 0.272 e. The summed E-state index contributed by atoms with van der Waals surface area (Å²) < 4.78 is 5.18. The summed E-state index contributed by atoms with van der Waals surface area (Å²) in [5, 5.41) is 13.9. The van der Waals surface area contributed by atoms with E-state index in [1.165, 1.54) is 0 Å². The Hall–Kier alpha value is -2.77. The van der Waals surface area contributed by atoms with Gasteiger partial charge in [0.2, 0.25) is 5.82 Å². The highest BCUT2D eigenvalue weighted by Gasteiger charge is 2.14. The van der Waals surface area contributed by atoms with Crippen LogP contribution >= 0.6 is 0 Å². The molecule has 0 amide bonds. The first kappa shape index (κ1) is 11.1. The summed E-state index contributed by atoms with van der Waals surface area (Å²) in [6.07, 6.45) is 3.39. The maximum atomic E-state index is 4.56. The summed E-state index contributed by atoms with van der Waals surface area (Å²) in [6, 6.07) is 1.96. The Morgan fingerprint density at radius 3 is 2.65 bits per heavy atom. The molecule has 4 aromatic rings. The number of aryl methyl sites for hydroxylation is 3. The van der Waals surface area contributed by atoms with Gasteiger partial charge in [0.1, 0.15) is 12.0 Å². The van der Waals surface area contributed by atoms with Crippen LogP contribution in [-0.2, 0) is 14.1 Å². The molecule has 0 atom stereocenters. The van der Waals surface area contributed by atoms with E-state index < -0.39 is 0 Å². The molecule has 0 aliphatic rings. The minimum absolute atomic E-state index is 0.590. The SMILES string of the molecule is Cc1cc(-c2nc3c4cnn(C)c4ncn3n2)nn1C. The van der Waals surface area contributed by atoms with E-state index in [4.69, 9.17) is 0 Å². The van der Waals surface area contributed by atoms with Crippen LogP contribution in [0.15, 0.2) is 18.6 Å². The number of fused-ring (bicyclic) bond motifs is 3. The fraction of sp³-hybridized carbons (Fsp3) is 0.250. The van der Waals surface area contributed by atoms with Gasteiger partial charge < -0.3 is 0 Å². The first-order valence-electron chi connectivity index (χ1n) is 6.17. The molecular formula is C12H12N8. The molecule has 4 heterocycles. The molecular weight excluding hydrogens is 256 g/mol. The van der Waals surface area contributed by atoms with E-state index >= 15 is 0 Å². The Kier molecular flexibility index (Phi) is 2.01. The highest BCUT2D eigenvalue weighted by Crippen LogP contribution is 2.20. The second-order valence-corrected chi connectivity index (χ2v) is 4.75. The van der Waals surface area contributed by atoms with Crippen LogP contribution in [0, 0.1) is 6.92 Å². The Morgan fingerprint density at radius 2 is 1.90 bits per heavy atom. The van der Waals surface area contributed by atoms with E-state index in [9.17, 15) is 0 Å². The molecule has 0 fully saturated rings. The molecule has 0 radical (unpaired) electrons. The molecule has 0 spiro atoms. The van der Waals surface area contributed by atoms with Crippen LogP contribution in [0.25, 0.3) is 28.2 Å². The maximum Gasteiger partial charge on any atom is 0.202 e. The molecule has 8 nitrogen and oxygen atoms in total. The summed E-state index contributed by atoms with van der Waals surface area (Å²) in [4.78, 5) is 8.90. The van der Waals surface area contributed by atoms with E-state index in [0.29, 0.717) is 5.82 Å². The topological polar surface area (TPSA) is 78.7 Å². The summed E-state index contributed by atoms with van der Waals surface area (Å²) in [7, 11) is 3.75. The van der Waals surface area contributed by atoms with Crippen molar-refractivity contribution in [3.63, 3.8) is 0 Å². The van der Waals surface area contributed by atoms with Crippen molar-refractivity contribution >= 4 is 16.7 Å². The van der Waals surface area contributed by atoms with E-state index in [1.807, 2.05) is 27.1 Å². The van der Waals surface area contributed by atoms with Crippen LogP contribution in [0.4, 0.5) is 0 Å². The predicted octanol–water partition coefficient (Wildman–Crippen LogP) is 0.720. The standard InChI is InChI=1S/C12H12N8/c1-7-4-9(16-18(7)2)10-15-12-8-5-14-19(3)11(8)13-6-20(12)17-10/h4-6H,1-3H3. The Labute approximate surface area is 113 Å². The van der Waals surface area contributed by atoms with Gasteiger partial charge in [-0.3, -0.25) is 9.36 Å². The third-order valence-electron chi connectivity index (χ3n) is 3.41. The highest BCUT2D eigenvalue weighted by molar-refractivity contribution is 5.88. The Bertz CT molecular complexity index is 922. The molecule has 0 aliphatic heterocycles. The van der Waals surface area contributed by atoms with Crippen LogP contribution < -0.4 is 0 Å². The average Bonchev–Trinajstić information content (AvgIpc) is 3.08. The number of aromatic nitrogens is 8. The molecule has 8 heteroatoms. The first-order chi connectivity index (χ1) is 9.63. The minimum Gasteiger partial charge on any atom is -0.272 e. The maximum absolute atomic E-state index is 4.56. The molecule has 0 aromatic carbocycles. The van der Waals surface area contributed by atoms with Gasteiger partial charge in [0.05, 0.1) is 11.6 Å².